The van der Waals surface area contributed by atoms with Crippen LogP contribution in [0.3, 0.4) is 0 Å². The molecule has 0 heterocycles. The van der Waals surface area contributed by atoms with Gasteiger partial charge in [-0.25, -0.2) is 0 Å². The summed E-state index contributed by atoms with van der Waals surface area (Å²) in [5, 5.41) is 7.42. The number of hydrogen-bond donors (Lipinski definition) is 1. The third-order valence-corrected chi connectivity index (χ3v) is 3.38. The van der Waals surface area contributed by atoms with Gasteiger partial charge in [0.2, 0.25) is 0 Å². The summed E-state index contributed by atoms with van der Waals surface area (Å²) in [4.78, 5) is 9.00. The third kappa shape index (κ3) is 7.73. The van der Waals surface area contributed by atoms with Gasteiger partial charge < -0.3 is 5.11 Å². The summed E-state index contributed by atoms with van der Waals surface area (Å²) in [6.45, 7) is 1.08. The minimum absolute atomic E-state index is 0.833. The summed E-state index contributed by atoms with van der Waals surface area (Å²) < 4.78 is 1.33. The standard InChI is InChI=1S/C7H7.C2H4O2.Hg/c1-7-5-3-2-4-6-7;1-2(3)4;/h2-6H,1H2;1H3,(H,3,4);. The van der Waals surface area contributed by atoms with Crippen molar-refractivity contribution in [2.75, 3.05) is 0 Å². The van der Waals surface area contributed by atoms with Gasteiger partial charge in [0.05, 0.1) is 0 Å². The minimum atomic E-state index is -0.833. The van der Waals surface area contributed by atoms with Crippen LogP contribution in [0, 0.1) is 0 Å². The Morgan fingerprint density at radius 3 is 2.08 bits per heavy atom. The van der Waals surface area contributed by atoms with Gasteiger partial charge in [0.25, 0.3) is 5.97 Å². The third-order valence-electron chi connectivity index (χ3n) is 1.13. The molecular weight excluding hydrogens is 341 g/mol. The predicted molar refractivity (Wildman–Crippen MR) is 43.5 cm³/mol. The summed E-state index contributed by atoms with van der Waals surface area (Å²) in [6.07, 6.45) is 0. The molecule has 61 valence electrons. The molecule has 1 aromatic carbocycles. The maximum absolute atomic E-state index is 9.00. The molecule has 0 aliphatic heterocycles. The molecule has 0 atom stereocenters. The van der Waals surface area contributed by atoms with Gasteiger partial charge in [-0.05, 0) is 0 Å². The summed E-state index contributed by atoms with van der Waals surface area (Å²) >= 11 is 0.922. The average molecular weight is 352 g/mol. The zero-order valence-corrected chi connectivity index (χ0v) is 12.7. The van der Waals surface area contributed by atoms with Crippen molar-refractivity contribution in [3.63, 3.8) is 0 Å². The second-order valence-electron chi connectivity index (χ2n) is 2.25. The Bertz CT molecular complexity index is 217. The molecule has 3 heteroatoms. The first-order valence-corrected chi connectivity index (χ1v) is 7.58. The molecule has 0 bridgehead atoms. The molecule has 2 nitrogen and oxygen atoms in total. The van der Waals surface area contributed by atoms with E-state index >= 15 is 0 Å². The second-order valence-corrected chi connectivity index (χ2v) is 4.20. The van der Waals surface area contributed by atoms with Gasteiger partial charge in [-0.15, -0.1) is 0 Å². The van der Waals surface area contributed by atoms with Gasteiger partial charge in [-0.2, -0.15) is 0 Å². The Kier molecular flexibility index (Phi) is 7.06. The van der Waals surface area contributed by atoms with Crippen molar-refractivity contribution in [3.05, 3.63) is 35.9 Å². The van der Waals surface area contributed by atoms with E-state index in [0.717, 1.165) is 33.0 Å². The molecule has 0 spiro atoms. The van der Waals surface area contributed by atoms with Crippen LogP contribution in [0.25, 0.3) is 0 Å². The molecule has 1 N–H and O–H groups in total. The van der Waals surface area contributed by atoms with Crippen LogP contribution >= 0.6 is 0 Å². The van der Waals surface area contributed by atoms with E-state index in [1.807, 2.05) is 0 Å². The number of carboxylic acid groups (broad SMARTS) is 1. The van der Waals surface area contributed by atoms with Crippen molar-refractivity contribution >= 4 is 5.97 Å². The van der Waals surface area contributed by atoms with E-state index in [9.17, 15) is 0 Å². The molecule has 0 aliphatic carbocycles. The number of carbonyl (C=O) groups is 1. The van der Waals surface area contributed by atoms with Crippen LogP contribution in [0.4, 0.5) is 0 Å². The average Bonchev–Trinajstić information content (AvgIpc) is 2.05. The normalized spacial score (nSPS) is 8.25. The number of hydrogen-bond acceptors (Lipinski definition) is 1. The van der Waals surface area contributed by atoms with Crippen molar-refractivity contribution in [3.8, 4) is 0 Å². The van der Waals surface area contributed by atoms with Crippen molar-refractivity contribution in [2.45, 2.75) is 10.9 Å². The SMILES string of the molecule is CC(=O)O.[Hg][CH2]c1ccccc1. The quantitative estimate of drug-likeness (QED) is 0.784. The predicted octanol–water partition coefficient (Wildman–Crippen LogP) is 1.82. The fraction of sp³-hybridized carbons (Fsp3) is 0.222. The van der Waals surface area contributed by atoms with Crippen LogP contribution in [-0.2, 0) is 34.8 Å². The molecule has 0 saturated heterocycles. The molecule has 1 aromatic rings. The number of aliphatic carboxylic acids is 1. The molecule has 0 saturated carbocycles. The Labute approximate surface area is 88.6 Å². The Hall–Kier alpha value is -0.375. The summed E-state index contributed by atoms with van der Waals surface area (Å²) in [5.74, 6) is -0.833. The summed E-state index contributed by atoms with van der Waals surface area (Å²) in [5.41, 5.74) is 1.50. The second kappa shape index (κ2) is 7.28. The van der Waals surface area contributed by atoms with Crippen LogP contribution in [-0.4, -0.2) is 11.1 Å². The van der Waals surface area contributed by atoms with Crippen LogP contribution < -0.4 is 0 Å². The van der Waals surface area contributed by atoms with Gasteiger partial charge in [-0.3, -0.25) is 4.79 Å². The van der Waals surface area contributed by atoms with E-state index in [2.05, 4.69) is 30.3 Å². The topological polar surface area (TPSA) is 37.3 Å². The van der Waals surface area contributed by atoms with E-state index in [4.69, 9.17) is 9.90 Å². The van der Waals surface area contributed by atoms with Crippen molar-refractivity contribution in [1.29, 1.82) is 0 Å². The van der Waals surface area contributed by atoms with Gasteiger partial charge in [-0.1, -0.05) is 0 Å². The van der Waals surface area contributed by atoms with Gasteiger partial charge in [0, 0.05) is 6.92 Å². The molecule has 0 amide bonds. The van der Waals surface area contributed by atoms with Gasteiger partial charge >= 0.3 is 65.9 Å². The number of benzene rings is 1. The molecule has 0 fully saturated rings. The Balaban J connectivity index is 0.000000261. The van der Waals surface area contributed by atoms with E-state index in [-0.39, 0.29) is 0 Å². The maximum atomic E-state index is 9.00. The first-order valence-electron chi connectivity index (χ1n) is 3.69. The molecule has 0 aromatic heterocycles. The fourth-order valence-electron chi connectivity index (χ4n) is 0.645. The zero-order valence-electron chi connectivity index (χ0n) is 7.16. The van der Waals surface area contributed by atoms with E-state index < -0.39 is 5.97 Å². The summed E-state index contributed by atoms with van der Waals surface area (Å²) in [6, 6.07) is 10.6. The Morgan fingerprint density at radius 1 is 1.42 bits per heavy atom. The first-order chi connectivity index (χ1) is 5.66. The molecule has 0 radical (unpaired) electrons. The zero-order chi connectivity index (χ0) is 9.40. The monoisotopic (exact) mass is 353 g/mol. The van der Waals surface area contributed by atoms with Crippen LogP contribution in [0.5, 0.6) is 0 Å². The molecular formula is C9H11HgO2. The van der Waals surface area contributed by atoms with Crippen molar-refractivity contribution in [2.24, 2.45) is 0 Å². The van der Waals surface area contributed by atoms with E-state index in [0.29, 0.717) is 0 Å². The van der Waals surface area contributed by atoms with Gasteiger partial charge in [0.1, 0.15) is 0 Å². The first kappa shape index (κ1) is 11.6. The molecule has 12 heavy (non-hydrogen) atoms. The molecule has 1 rings (SSSR count). The van der Waals surface area contributed by atoms with Crippen LogP contribution in [0.15, 0.2) is 30.3 Å². The van der Waals surface area contributed by atoms with Crippen LogP contribution in [0.2, 0.25) is 0 Å². The van der Waals surface area contributed by atoms with E-state index in [1.54, 1.807) is 0 Å². The Morgan fingerprint density at radius 2 is 1.83 bits per heavy atom. The van der Waals surface area contributed by atoms with Gasteiger partial charge in [0.15, 0.2) is 0 Å². The van der Waals surface area contributed by atoms with Crippen molar-refractivity contribution in [1.82, 2.24) is 0 Å². The molecule has 0 aliphatic rings. The molecule has 0 unspecified atom stereocenters. The summed E-state index contributed by atoms with van der Waals surface area (Å²) in [7, 11) is 0. The van der Waals surface area contributed by atoms with Crippen LogP contribution in [0.1, 0.15) is 12.5 Å². The number of rotatable bonds is 1. The number of carboxylic acids is 1. The van der Waals surface area contributed by atoms with Crippen molar-refractivity contribution < 1.29 is 36.0 Å². The fourth-order valence-corrected chi connectivity index (χ4v) is 1.94. The van der Waals surface area contributed by atoms with E-state index in [1.165, 1.54) is 9.49 Å².